The third-order valence-corrected chi connectivity index (χ3v) is 3.02. The zero-order valence-corrected chi connectivity index (χ0v) is 10.5. The van der Waals surface area contributed by atoms with Crippen LogP contribution in [0.4, 0.5) is 0 Å². The second-order valence-corrected chi connectivity index (χ2v) is 5.30. The molecule has 0 aromatic heterocycles. The lowest BCUT2D eigenvalue weighted by Crippen LogP contribution is -2.27. The summed E-state index contributed by atoms with van der Waals surface area (Å²) in [7, 11) is 0. The van der Waals surface area contributed by atoms with Crippen LogP contribution in [0.5, 0.6) is 0 Å². The smallest absolute Gasteiger partial charge is 0.254 e. The molecule has 2 nitrogen and oxygen atoms in total. The molecule has 2 rings (SSSR count). The Hall–Kier alpha value is -0.830. The molecule has 1 aromatic carbocycles. The monoisotopic (exact) mass is 267 g/mol. The van der Waals surface area contributed by atoms with Crippen molar-refractivity contribution in [1.29, 1.82) is 0 Å². The van der Waals surface area contributed by atoms with E-state index in [1.54, 1.807) is 0 Å². The van der Waals surface area contributed by atoms with Gasteiger partial charge in [-0.2, -0.15) is 0 Å². The minimum atomic E-state index is 0.172. The number of amides is 1. The molecular formula is C12H14BrNO. The van der Waals surface area contributed by atoms with Crippen LogP contribution < -0.4 is 0 Å². The van der Waals surface area contributed by atoms with Crippen LogP contribution in [0.3, 0.4) is 0 Å². The first-order valence-electron chi connectivity index (χ1n) is 5.15. The molecule has 0 spiro atoms. The highest BCUT2D eigenvalue weighted by Crippen LogP contribution is 2.26. The second-order valence-electron chi connectivity index (χ2n) is 4.38. The van der Waals surface area contributed by atoms with E-state index in [1.807, 2.05) is 23.1 Å². The van der Waals surface area contributed by atoms with Crippen LogP contribution in [0.2, 0.25) is 0 Å². The SMILES string of the molecule is CC(C)CN1Cc2cc(Br)ccc2C1=O. The fourth-order valence-electron chi connectivity index (χ4n) is 1.94. The van der Waals surface area contributed by atoms with Gasteiger partial charge in [0.2, 0.25) is 0 Å². The molecule has 0 unspecified atom stereocenters. The zero-order valence-electron chi connectivity index (χ0n) is 8.96. The van der Waals surface area contributed by atoms with Crippen LogP contribution in [0.25, 0.3) is 0 Å². The van der Waals surface area contributed by atoms with E-state index in [4.69, 9.17) is 0 Å². The Morgan fingerprint density at radius 1 is 1.47 bits per heavy atom. The van der Waals surface area contributed by atoms with Crippen LogP contribution >= 0.6 is 15.9 Å². The van der Waals surface area contributed by atoms with Crippen LogP contribution in [0.15, 0.2) is 22.7 Å². The van der Waals surface area contributed by atoms with E-state index in [-0.39, 0.29) is 5.91 Å². The van der Waals surface area contributed by atoms with Gasteiger partial charge in [-0.1, -0.05) is 29.8 Å². The maximum Gasteiger partial charge on any atom is 0.254 e. The van der Waals surface area contributed by atoms with Crippen molar-refractivity contribution in [2.45, 2.75) is 20.4 Å². The van der Waals surface area contributed by atoms with Gasteiger partial charge in [-0.25, -0.2) is 0 Å². The number of rotatable bonds is 2. The van der Waals surface area contributed by atoms with Crippen molar-refractivity contribution in [1.82, 2.24) is 4.90 Å². The lowest BCUT2D eigenvalue weighted by atomic mass is 10.1. The first-order chi connectivity index (χ1) is 7.08. The van der Waals surface area contributed by atoms with Crippen LogP contribution in [-0.2, 0) is 6.54 Å². The van der Waals surface area contributed by atoms with Gasteiger partial charge in [-0.15, -0.1) is 0 Å². The minimum absolute atomic E-state index is 0.172. The molecule has 80 valence electrons. The Kier molecular flexibility index (Phi) is 2.83. The highest BCUT2D eigenvalue weighted by molar-refractivity contribution is 9.10. The third kappa shape index (κ3) is 2.07. The minimum Gasteiger partial charge on any atom is -0.334 e. The van der Waals surface area contributed by atoms with E-state index < -0.39 is 0 Å². The Bertz CT molecular complexity index is 401. The Labute approximate surface area is 98.4 Å². The first-order valence-corrected chi connectivity index (χ1v) is 5.95. The molecule has 0 aliphatic carbocycles. The second kappa shape index (κ2) is 3.97. The van der Waals surface area contributed by atoms with E-state index in [2.05, 4.69) is 29.8 Å². The van der Waals surface area contributed by atoms with Crippen molar-refractivity contribution in [2.24, 2.45) is 5.92 Å². The van der Waals surface area contributed by atoms with Crippen LogP contribution in [0, 0.1) is 5.92 Å². The molecule has 1 amide bonds. The highest BCUT2D eigenvalue weighted by Gasteiger charge is 2.27. The average Bonchev–Trinajstić information content (AvgIpc) is 2.42. The largest absolute Gasteiger partial charge is 0.334 e. The molecule has 1 aliphatic heterocycles. The molecular weight excluding hydrogens is 254 g/mol. The summed E-state index contributed by atoms with van der Waals surface area (Å²) in [4.78, 5) is 13.9. The third-order valence-electron chi connectivity index (χ3n) is 2.53. The van der Waals surface area contributed by atoms with Gasteiger partial charge in [0.15, 0.2) is 0 Å². The van der Waals surface area contributed by atoms with Gasteiger partial charge >= 0.3 is 0 Å². The van der Waals surface area contributed by atoms with E-state index in [0.717, 1.165) is 28.7 Å². The zero-order chi connectivity index (χ0) is 11.0. The quantitative estimate of drug-likeness (QED) is 0.807. The fourth-order valence-corrected chi connectivity index (χ4v) is 2.35. The van der Waals surface area contributed by atoms with Crippen molar-refractivity contribution in [2.75, 3.05) is 6.54 Å². The van der Waals surface area contributed by atoms with E-state index in [0.29, 0.717) is 5.92 Å². The number of carbonyl (C=O) groups is 1. The molecule has 1 aromatic rings. The van der Waals surface area contributed by atoms with Gasteiger partial charge in [-0.05, 0) is 29.7 Å². The van der Waals surface area contributed by atoms with E-state index in [1.165, 1.54) is 0 Å². The summed E-state index contributed by atoms with van der Waals surface area (Å²) in [5, 5.41) is 0. The number of fused-ring (bicyclic) bond motifs is 1. The van der Waals surface area contributed by atoms with Gasteiger partial charge < -0.3 is 4.90 Å². The molecule has 1 aliphatic rings. The first kappa shape index (κ1) is 10.7. The van der Waals surface area contributed by atoms with Gasteiger partial charge in [0.25, 0.3) is 5.91 Å². The average molecular weight is 268 g/mol. The topological polar surface area (TPSA) is 20.3 Å². The number of halogens is 1. The van der Waals surface area contributed by atoms with Gasteiger partial charge in [-0.3, -0.25) is 4.79 Å². The van der Waals surface area contributed by atoms with Crippen molar-refractivity contribution < 1.29 is 4.79 Å². The summed E-state index contributed by atoms with van der Waals surface area (Å²) in [5.41, 5.74) is 1.99. The van der Waals surface area contributed by atoms with Crippen molar-refractivity contribution in [3.05, 3.63) is 33.8 Å². The number of benzene rings is 1. The van der Waals surface area contributed by atoms with Crippen molar-refractivity contribution in [3.8, 4) is 0 Å². The molecule has 0 fully saturated rings. The lowest BCUT2D eigenvalue weighted by Gasteiger charge is -2.17. The molecule has 1 heterocycles. The summed E-state index contributed by atoms with van der Waals surface area (Å²) in [6.45, 7) is 5.86. The predicted octanol–water partition coefficient (Wildman–Crippen LogP) is 3.06. The van der Waals surface area contributed by atoms with Crippen molar-refractivity contribution in [3.63, 3.8) is 0 Å². The van der Waals surface area contributed by atoms with Gasteiger partial charge in [0, 0.05) is 23.1 Å². The maximum atomic E-state index is 12.0. The van der Waals surface area contributed by atoms with Gasteiger partial charge in [0.05, 0.1) is 0 Å². The molecule has 15 heavy (non-hydrogen) atoms. The number of carbonyl (C=O) groups excluding carboxylic acids is 1. The summed E-state index contributed by atoms with van der Waals surface area (Å²) in [5.74, 6) is 0.693. The summed E-state index contributed by atoms with van der Waals surface area (Å²) >= 11 is 3.43. The lowest BCUT2D eigenvalue weighted by molar-refractivity contribution is 0.0760. The molecule has 3 heteroatoms. The highest BCUT2D eigenvalue weighted by atomic mass is 79.9. The molecule has 0 radical (unpaired) electrons. The van der Waals surface area contributed by atoms with Crippen LogP contribution in [-0.4, -0.2) is 17.4 Å². The van der Waals surface area contributed by atoms with Crippen LogP contribution in [0.1, 0.15) is 29.8 Å². The maximum absolute atomic E-state index is 12.0. The fraction of sp³-hybridized carbons (Fsp3) is 0.417. The summed E-state index contributed by atoms with van der Waals surface area (Å²) in [6.07, 6.45) is 0. The molecule has 0 saturated heterocycles. The normalized spacial score (nSPS) is 14.9. The van der Waals surface area contributed by atoms with E-state index in [9.17, 15) is 4.79 Å². The Balaban J connectivity index is 2.25. The number of hydrogen-bond acceptors (Lipinski definition) is 1. The number of nitrogens with zero attached hydrogens (tertiary/aromatic N) is 1. The molecule has 0 saturated carbocycles. The van der Waals surface area contributed by atoms with Crippen molar-refractivity contribution >= 4 is 21.8 Å². The summed E-state index contributed by atoms with van der Waals surface area (Å²) in [6, 6.07) is 5.87. The van der Waals surface area contributed by atoms with Gasteiger partial charge in [0.1, 0.15) is 0 Å². The molecule has 0 N–H and O–H groups in total. The molecule has 0 bridgehead atoms. The Morgan fingerprint density at radius 2 is 2.20 bits per heavy atom. The standard InChI is InChI=1S/C12H14BrNO/c1-8(2)6-14-7-9-5-10(13)3-4-11(9)12(14)15/h3-5,8H,6-7H2,1-2H3. The Morgan fingerprint density at radius 3 is 2.87 bits per heavy atom. The van der Waals surface area contributed by atoms with E-state index >= 15 is 0 Å². The predicted molar refractivity (Wildman–Crippen MR) is 63.7 cm³/mol. The number of hydrogen-bond donors (Lipinski definition) is 0. The molecule has 0 atom stereocenters. The summed E-state index contributed by atoms with van der Waals surface area (Å²) < 4.78 is 1.04.